The van der Waals surface area contributed by atoms with Gasteiger partial charge in [-0.1, -0.05) is 17.7 Å². The first-order chi connectivity index (χ1) is 13.0. The highest BCUT2D eigenvalue weighted by molar-refractivity contribution is 5.90. The van der Waals surface area contributed by atoms with Crippen molar-refractivity contribution in [1.82, 2.24) is 10.2 Å². The second kappa shape index (κ2) is 7.90. The van der Waals surface area contributed by atoms with Crippen LogP contribution in [0.25, 0.3) is 11.5 Å². The van der Waals surface area contributed by atoms with Gasteiger partial charge in [0.15, 0.2) is 6.10 Å². The average Bonchev–Trinajstić information content (AvgIpc) is 3.18. The Hall–Kier alpha value is -3.35. The highest BCUT2D eigenvalue weighted by Crippen LogP contribution is 2.26. The summed E-state index contributed by atoms with van der Waals surface area (Å²) in [6.45, 7) is 3.65. The van der Waals surface area contributed by atoms with Crippen LogP contribution >= 0.6 is 0 Å². The third-order valence-corrected chi connectivity index (χ3v) is 3.92. The molecule has 0 aliphatic carbocycles. The van der Waals surface area contributed by atoms with Crippen LogP contribution in [0.1, 0.15) is 34.8 Å². The number of aromatic nitrogens is 2. The zero-order valence-corrected chi connectivity index (χ0v) is 15.6. The summed E-state index contributed by atoms with van der Waals surface area (Å²) in [7, 11) is 3.02. The van der Waals surface area contributed by atoms with Crippen LogP contribution in [0.5, 0.6) is 11.5 Å². The predicted octanol–water partition coefficient (Wildman–Crippen LogP) is 3.98. The van der Waals surface area contributed by atoms with Gasteiger partial charge >= 0.3 is 5.97 Å². The minimum absolute atomic E-state index is 0.217. The van der Waals surface area contributed by atoms with Crippen LogP contribution in [-0.4, -0.2) is 30.4 Å². The van der Waals surface area contributed by atoms with Crippen LogP contribution in [0.4, 0.5) is 0 Å². The molecule has 1 heterocycles. The SMILES string of the molecule is COc1cc(OC)cc(C(=O)OC(C)c2nnc(-c3cccc(C)c3)o2)c1. The van der Waals surface area contributed by atoms with Gasteiger partial charge in [0.25, 0.3) is 5.89 Å². The molecule has 1 unspecified atom stereocenters. The lowest BCUT2D eigenvalue weighted by Crippen LogP contribution is -2.10. The van der Waals surface area contributed by atoms with E-state index in [-0.39, 0.29) is 5.89 Å². The highest BCUT2D eigenvalue weighted by atomic mass is 16.6. The number of methoxy groups -OCH3 is 2. The smallest absolute Gasteiger partial charge is 0.339 e. The molecule has 3 aromatic rings. The van der Waals surface area contributed by atoms with Gasteiger partial charge in [-0.15, -0.1) is 10.2 Å². The Balaban J connectivity index is 1.76. The Labute approximate surface area is 156 Å². The number of hydrogen-bond donors (Lipinski definition) is 0. The largest absolute Gasteiger partial charge is 0.497 e. The summed E-state index contributed by atoms with van der Waals surface area (Å²) in [4.78, 5) is 12.5. The molecule has 27 heavy (non-hydrogen) atoms. The van der Waals surface area contributed by atoms with Crippen molar-refractivity contribution >= 4 is 5.97 Å². The summed E-state index contributed by atoms with van der Waals surface area (Å²) >= 11 is 0. The van der Waals surface area contributed by atoms with Gasteiger partial charge in [0.1, 0.15) is 11.5 Å². The normalized spacial score (nSPS) is 11.7. The molecular formula is C20H20N2O5. The van der Waals surface area contributed by atoms with Crippen molar-refractivity contribution in [2.24, 2.45) is 0 Å². The average molecular weight is 368 g/mol. The second-order valence-electron chi connectivity index (χ2n) is 5.96. The molecule has 0 aliphatic heterocycles. The Bertz CT molecular complexity index is 929. The number of aryl methyl sites for hydroxylation is 1. The molecular weight excluding hydrogens is 348 g/mol. The number of nitrogens with zero attached hydrogens (tertiary/aromatic N) is 2. The van der Waals surface area contributed by atoms with Gasteiger partial charge < -0.3 is 18.6 Å². The first kappa shape index (κ1) is 18.4. The lowest BCUT2D eigenvalue weighted by Gasteiger charge is -2.11. The lowest BCUT2D eigenvalue weighted by atomic mass is 10.1. The van der Waals surface area contributed by atoms with Crippen LogP contribution in [0.3, 0.4) is 0 Å². The summed E-state index contributed by atoms with van der Waals surface area (Å²) < 4.78 is 21.5. The van der Waals surface area contributed by atoms with Crippen LogP contribution in [0, 0.1) is 6.92 Å². The highest BCUT2D eigenvalue weighted by Gasteiger charge is 2.21. The second-order valence-corrected chi connectivity index (χ2v) is 5.96. The third-order valence-electron chi connectivity index (χ3n) is 3.92. The molecule has 7 nitrogen and oxygen atoms in total. The predicted molar refractivity (Wildman–Crippen MR) is 97.8 cm³/mol. The fraction of sp³-hybridized carbons (Fsp3) is 0.250. The van der Waals surface area contributed by atoms with E-state index in [0.717, 1.165) is 11.1 Å². The standard InChI is InChI=1S/C20H20N2O5/c1-12-6-5-7-14(8-12)19-22-21-18(27-19)13(2)26-20(23)15-9-16(24-3)11-17(10-15)25-4/h5-11,13H,1-4H3. The number of ether oxygens (including phenoxy) is 3. The maximum absolute atomic E-state index is 12.5. The number of hydrogen-bond acceptors (Lipinski definition) is 7. The van der Waals surface area contributed by atoms with E-state index in [1.165, 1.54) is 14.2 Å². The number of carbonyl (C=O) groups excluding carboxylic acids is 1. The van der Waals surface area contributed by atoms with Gasteiger partial charge in [-0.2, -0.15) is 0 Å². The van der Waals surface area contributed by atoms with E-state index in [1.807, 2.05) is 31.2 Å². The molecule has 0 radical (unpaired) electrons. The van der Waals surface area contributed by atoms with Gasteiger partial charge in [0, 0.05) is 11.6 Å². The van der Waals surface area contributed by atoms with Crippen molar-refractivity contribution in [3.63, 3.8) is 0 Å². The number of carbonyl (C=O) groups is 1. The van der Waals surface area contributed by atoms with Crippen molar-refractivity contribution < 1.29 is 23.4 Å². The van der Waals surface area contributed by atoms with Crippen LogP contribution in [-0.2, 0) is 4.74 Å². The Kier molecular flexibility index (Phi) is 5.40. The topological polar surface area (TPSA) is 83.7 Å². The van der Waals surface area contributed by atoms with Crippen molar-refractivity contribution in [3.8, 4) is 23.0 Å². The van der Waals surface area contributed by atoms with E-state index >= 15 is 0 Å². The monoisotopic (exact) mass is 368 g/mol. The van der Waals surface area contributed by atoms with Crippen LogP contribution in [0.2, 0.25) is 0 Å². The molecule has 140 valence electrons. The van der Waals surface area contributed by atoms with E-state index in [2.05, 4.69) is 10.2 Å². The molecule has 7 heteroatoms. The molecule has 0 N–H and O–H groups in total. The van der Waals surface area contributed by atoms with Crippen LogP contribution in [0.15, 0.2) is 46.9 Å². The maximum atomic E-state index is 12.5. The molecule has 0 bridgehead atoms. The zero-order valence-electron chi connectivity index (χ0n) is 15.6. The summed E-state index contributed by atoms with van der Waals surface area (Å²) in [5, 5.41) is 8.03. The Morgan fingerprint density at radius 2 is 1.74 bits per heavy atom. The summed E-state index contributed by atoms with van der Waals surface area (Å²) in [5.41, 5.74) is 2.19. The molecule has 0 amide bonds. The molecule has 0 saturated heterocycles. The van der Waals surface area contributed by atoms with E-state index in [9.17, 15) is 4.79 Å². The van der Waals surface area contributed by atoms with Crippen molar-refractivity contribution in [1.29, 1.82) is 0 Å². The van der Waals surface area contributed by atoms with Crippen molar-refractivity contribution in [2.75, 3.05) is 14.2 Å². The first-order valence-electron chi connectivity index (χ1n) is 8.34. The first-order valence-corrected chi connectivity index (χ1v) is 8.34. The fourth-order valence-corrected chi connectivity index (χ4v) is 2.50. The zero-order chi connectivity index (χ0) is 19.4. The maximum Gasteiger partial charge on any atom is 0.339 e. The fourth-order valence-electron chi connectivity index (χ4n) is 2.50. The minimum atomic E-state index is -0.708. The van der Waals surface area contributed by atoms with Gasteiger partial charge in [0.05, 0.1) is 19.8 Å². The molecule has 3 rings (SSSR count). The van der Waals surface area contributed by atoms with Gasteiger partial charge in [-0.05, 0) is 38.1 Å². The van der Waals surface area contributed by atoms with Gasteiger partial charge in [0.2, 0.25) is 5.89 Å². The Morgan fingerprint density at radius 1 is 1.04 bits per heavy atom. The van der Waals surface area contributed by atoms with Crippen molar-refractivity contribution in [2.45, 2.75) is 20.0 Å². The lowest BCUT2D eigenvalue weighted by molar-refractivity contribution is 0.0279. The van der Waals surface area contributed by atoms with Crippen LogP contribution < -0.4 is 9.47 Å². The van der Waals surface area contributed by atoms with E-state index in [4.69, 9.17) is 18.6 Å². The number of esters is 1. The molecule has 0 saturated carbocycles. The quantitative estimate of drug-likeness (QED) is 0.609. The van der Waals surface area contributed by atoms with E-state index in [1.54, 1.807) is 25.1 Å². The molecule has 1 aromatic heterocycles. The van der Waals surface area contributed by atoms with Crippen molar-refractivity contribution in [3.05, 3.63) is 59.5 Å². The van der Waals surface area contributed by atoms with E-state index < -0.39 is 12.1 Å². The molecule has 0 spiro atoms. The van der Waals surface area contributed by atoms with Gasteiger partial charge in [-0.3, -0.25) is 0 Å². The summed E-state index contributed by atoms with van der Waals surface area (Å²) in [6, 6.07) is 12.5. The molecule has 0 aliphatic rings. The Morgan fingerprint density at radius 3 is 2.37 bits per heavy atom. The molecule has 1 atom stereocenters. The van der Waals surface area contributed by atoms with Gasteiger partial charge in [-0.25, -0.2) is 4.79 Å². The molecule has 2 aromatic carbocycles. The third kappa shape index (κ3) is 4.25. The minimum Gasteiger partial charge on any atom is -0.497 e. The number of benzene rings is 2. The summed E-state index contributed by atoms with van der Waals surface area (Å²) in [6.07, 6.45) is -0.708. The number of rotatable bonds is 6. The summed E-state index contributed by atoms with van der Waals surface area (Å²) in [5.74, 6) is 1.03. The molecule has 0 fully saturated rings. The van der Waals surface area contributed by atoms with E-state index in [0.29, 0.717) is 23.0 Å².